The predicted octanol–water partition coefficient (Wildman–Crippen LogP) is 0.272. The van der Waals surface area contributed by atoms with Gasteiger partial charge in [0.05, 0.1) is 0 Å². The molecule has 0 fully saturated rings. The fourth-order valence-electron chi connectivity index (χ4n) is 5.21. The Morgan fingerprint density at radius 1 is 0.667 bits per heavy atom. The van der Waals surface area contributed by atoms with Gasteiger partial charge in [-0.25, -0.2) is 0 Å². The second-order valence-electron chi connectivity index (χ2n) is 7.91. The van der Waals surface area contributed by atoms with Crippen LogP contribution in [0.1, 0.15) is 68.4 Å². The summed E-state index contributed by atoms with van der Waals surface area (Å²) in [5.74, 6) is 0. The summed E-state index contributed by atoms with van der Waals surface area (Å²) in [5.41, 5.74) is 16.3. The minimum absolute atomic E-state index is 0. The van der Waals surface area contributed by atoms with Crippen molar-refractivity contribution in [3.05, 3.63) is 80.9 Å². The summed E-state index contributed by atoms with van der Waals surface area (Å²) in [6, 6.07) is 14.3. The first-order chi connectivity index (χ1) is 12.1. The summed E-state index contributed by atoms with van der Waals surface area (Å²) in [7, 11) is 0. The minimum atomic E-state index is -0.953. The SMILES string of the molecule is CC1=C(C)[CH]2[Hf+2][CH]3C(C)=C(C)c4c(cccc43)CCc3cccc2c31.[Cl-].[Cl-]. The smallest absolute Gasteiger partial charge is 1.00 e. The van der Waals surface area contributed by atoms with E-state index >= 15 is 0 Å². The second kappa shape index (κ2) is 7.65. The van der Waals surface area contributed by atoms with Gasteiger partial charge in [0, 0.05) is 0 Å². The normalized spacial score (nSPS) is 21.6. The number of allylic oxidation sites excluding steroid dienone is 4. The number of hydrogen-bond donors (Lipinski definition) is 0. The van der Waals surface area contributed by atoms with Gasteiger partial charge in [0.25, 0.3) is 0 Å². The van der Waals surface area contributed by atoms with Gasteiger partial charge in [0.15, 0.2) is 0 Å². The third kappa shape index (κ3) is 2.96. The fourth-order valence-corrected chi connectivity index (χ4v) is 12.8. The fraction of sp³-hybridized carbons (Fsp3) is 0.333. The van der Waals surface area contributed by atoms with Crippen LogP contribution in [0.2, 0.25) is 0 Å². The first-order valence-electron chi connectivity index (χ1n) is 9.43. The molecule has 2 aromatic carbocycles. The summed E-state index contributed by atoms with van der Waals surface area (Å²) in [5, 5.41) is 0. The molecule has 2 atom stereocenters. The van der Waals surface area contributed by atoms with Gasteiger partial charge in [-0.1, -0.05) is 0 Å². The topological polar surface area (TPSA) is 0 Å². The Labute approximate surface area is 186 Å². The molecule has 0 N–H and O–H groups in total. The maximum absolute atomic E-state index is 2.44. The van der Waals surface area contributed by atoms with E-state index in [4.69, 9.17) is 0 Å². The summed E-state index contributed by atoms with van der Waals surface area (Å²) in [4.78, 5) is 0. The molecule has 2 aromatic rings. The van der Waals surface area contributed by atoms with Crippen LogP contribution in [0.25, 0.3) is 11.1 Å². The van der Waals surface area contributed by atoms with Crippen molar-refractivity contribution in [1.29, 1.82) is 0 Å². The molecule has 1 aliphatic heterocycles. The van der Waals surface area contributed by atoms with Crippen LogP contribution in [0.5, 0.6) is 0 Å². The number of aryl methyl sites for hydroxylation is 2. The summed E-state index contributed by atoms with van der Waals surface area (Å²) in [6.45, 7) is 9.58. The largest absolute Gasteiger partial charge is 1.00 e. The van der Waals surface area contributed by atoms with E-state index in [9.17, 15) is 0 Å². The van der Waals surface area contributed by atoms with Crippen LogP contribution in [-0.2, 0) is 35.7 Å². The molecule has 0 amide bonds. The minimum Gasteiger partial charge on any atom is -1.00 e. The molecule has 0 saturated heterocycles. The molecule has 2 unspecified atom stereocenters. The van der Waals surface area contributed by atoms with Crippen LogP contribution in [0.4, 0.5) is 0 Å². The zero-order valence-corrected chi connectivity index (χ0v) is 21.4. The number of benzene rings is 2. The van der Waals surface area contributed by atoms with E-state index in [0.29, 0.717) is 0 Å². The van der Waals surface area contributed by atoms with Crippen molar-refractivity contribution >= 4 is 11.1 Å². The van der Waals surface area contributed by atoms with Crippen molar-refractivity contribution in [3.63, 3.8) is 0 Å². The van der Waals surface area contributed by atoms with Crippen LogP contribution in [-0.4, -0.2) is 0 Å². The molecule has 0 radical (unpaired) electrons. The zero-order valence-electron chi connectivity index (χ0n) is 16.3. The average molecular weight is 562 g/mol. The van der Waals surface area contributed by atoms with Gasteiger partial charge in [-0.05, 0) is 0 Å². The predicted molar refractivity (Wildman–Crippen MR) is 102 cm³/mol. The summed E-state index contributed by atoms with van der Waals surface area (Å²) >= 11 is -0.953. The van der Waals surface area contributed by atoms with E-state index < -0.39 is 22.9 Å². The first-order valence-corrected chi connectivity index (χ1v) is 13.6. The number of rotatable bonds is 0. The molecule has 1 heterocycles. The van der Waals surface area contributed by atoms with Gasteiger partial charge in [0.2, 0.25) is 0 Å². The van der Waals surface area contributed by atoms with Crippen molar-refractivity contribution in [2.45, 2.75) is 47.9 Å². The molecule has 3 heteroatoms. The Balaban J connectivity index is 0.00000105. The van der Waals surface area contributed by atoms with Gasteiger partial charge >= 0.3 is 163 Å². The molecule has 0 saturated carbocycles. The van der Waals surface area contributed by atoms with Crippen LogP contribution in [0.15, 0.2) is 47.5 Å². The van der Waals surface area contributed by atoms with Crippen molar-refractivity contribution in [2.75, 3.05) is 0 Å². The van der Waals surface area contributed by atoms with Crippen molar-refractivity contribution < 1.29 is 47.7 Å². The Bertz CT molecular complexity index is 904. The van der Waals surface area contributed by atoms with Crippen molar-refractivity contribution in [3.8, 4) is 0 Å². The molecule has 5 rings (SSSR count). The molecular weight excluding hydrogens is 538 g/mol. The molecular formula is C24H24Cl2Hf. The third-order valence-corrected chi connectivity index (χ3v) is 14.5. The molecule has 3 aliphatic rings. The van der Waals surface area contributed by atoms with Crippen LogP contribution in [0, 0.1) is 0 Å². The van der Waals surface area contributed by atoms with E-state index in [-0.39, 0.29) is 24.8 Å². The molecule has 0 spiro atoms. The van der Waals surface area contributed by atoms with Crippen molar-refractivity contribution in [2.24, 2.45) is 0 Å². The molecule has 8 bridgehead atoms. The summed E-state index contributed by atoms with van der Waals surface area (Å²) in [6.07, 6.45) is 2.34. The van der Waals surface area contributed by atoms with Crippen LogP contribution < -0.4 is 24.8 Å². The number of hydrogen-bond acceptors (Lipinski definition) is 0. The van der Waals surface area contributed by atoms with Crippen LogP contribution >= 0.6 is 0 Å². The van der Waals surface area contributed by atoms with E-state index in [1.54, 1.807) is 55.7 Å². The molecule has 0 aromatic heterocycles. The molecule has 27 heavy (non-hydrogen) atoms. The monoisotopic (exact) mass is 562 g/mol. The van der Waals surface area contributed by atoms with Crippen molar-refractivity contribution in [1.82, 2.24) is 0 Å². The maximum Gasteiger partial charge on any atom is -1.00 e. The van der Waals surface area contributed by atoms with E-state index in [1.165, 1.54) is 12.8 Å². The molecule has 138 valence electrons. The molecule has 2 aliphatic carbocycles. The van der Waals surface area contributed by atoms with E-state index in [1.807, 2.05) is 0 Å². The Hall–Kier alpha value is -0.630. The Kier molecular flexibility index (Phi) is 5.98. The van der Waals surface area contributed by atoms with E-state index in [0.717, 1.165) is 7.35 Å². The third-order valence-electron chi connectivity index (χ3n) is 6.78. The summed E-state index contributed by atoms with van der Waals surface area (Å²) < 4.78 is 1.55. The number of halogens is 2. The average Bonchev–Trinajstić information content (AvgIpc) is 3.01. The van der Waals surface area contributed by atoms with Gasteiger partial charge in [-0.2, -0.15) is 0 Å². The Morgan fingerprint density at radius 2 is 1.07 bits per heavy atom. The Morgan fingerprint density at radius 3 is 1.48 bits per heavy atom. The van der Waals surface area contributed by atoms with Crippen LogP contribution in [0.3, 0.4) is 0 Å². The quantitative estimate of drug-likeness (QED) is 0.406. The first kappa shape index (κ1) is 21.1. The maximum atomic E-state index is 2.44. The molecule has 0 nitrogen and oxygen atoms in total. The standard InChI is InChI=1S/C24H24.2ClH.Hf/c1-15-13-21-9-5-7-19(23(21)17(15)3)11-12-20-8-6-10-22-14-16(2)18(4)24(20)22;;;/h5-10,13-14H,11-12H2,1-4H3;2*1H;/q;;;+2/p-2. The second-order valence-corrected chi connectivity index (χ2v) is 13.3. The van der Waals surface area contributed by atoms with Gasteiger partial charge in [-0.3, -0.25) is 0 Å². The van der Waals surface area contributed by atoms with Gasteiger partial charge in [0.1, 0.15) is 0 Å². The van der Waals surface area contributed by atoms with E-state index in [2.05, 4.69) is 64.1 Å². The zero-order chi connectivity index (χ0) is 17.3. The van der Waals surface area contributed by atoms with Gasteiger partial charge in [-0.15, -0.1) is 0 Å². The van der Waals surface area contributed by atoms with Gasteiger partial charge < -0.3 is 24.8 Å².